The molecule has 0 saturated carbocycles. The SMILES string of the molecule is CN=C(NCc1ccc(S(C)(=O)=O)c(C)c1)NCc1ccccc1C.I. The Morgan fingerprint density at radius 2 is 1.65 bits per heavy atom. The Labute approximate surface area is 173 Å². The van der Waals surface area contributed by atoms with Crippen LogP contribution in [0.3, 0.4) is 0 Å². The van der Waals surface area contributed by atoms with Crippen LogP contribution in [-0.4, -0.2) is 27.7 Å². The van der Waals surface area contributed by atoms with Crippen LogP contribution in [0.5, 0.6) is 0 Å². The van der Waals surface area contributed by atoms with Crippen molar-refractivity contribution in [2.45, 2.75) is 31.8 Å². The summed E-state index contributed by atoms with van der Waals surface area (Å²) in [5, 5.41) is 6.54. The third-order valence-electron chi connectivity index (χ3n) is 4.03. The van der Waals surface area contributed by atoms with Crippen molar-refractivity contribution in [1.82, 2.24) is 10.6 Å². The van der Waals surface area contributed by atoms with Crippen molar-refractivity contribution in [3.63, 3.8) is 0 Å². The summed E-state index contributed by atoms with van der Waals surface area (Å²) in [6.45, 7) is 5.15. The van der Waals surface area contributed by atoms with Crippen LogP contribution in [0.15, 0.2) is 52.4 Å². The second kappa shape index (κ2) is 9.91. The lowest BCUT2D eigenvalue weighted by molar-refractivity contribution is 0.601. The number of nitrogens with zero attached hydrogens (tertiary/aromatic N) is 1. The van der Waals surface area contributed by atoms with E-state index in [0.29, 0.717) is 23.9 Å². The van der Waals surface area contributed by atoms with Crippen molar-refractivity contribution in [3.8, 4) is 0 Å². The van der Waals surface area contributed by atoms with Crippen molar-refractivity contribution < 1.29 is 8.42 Å². The smallest absolute Gasteiger partial charge is 0.191 e. The maximum atomic E-state index is 11.7. The van der Waals surface area contributed by atoms with E-state index in [4.69, 9.17) is 0 Å². The second-order valence-corrected chi connectivity index (χ2v) is 8.06. The van der Waals surface area contributed by atoms with Crippen LogP contribution in [0.25, 0.3) is 0 Å². The first-order chi connectivity index (χ1) is 11.8. The van der Waals surface area contributed by atoms with Crippen LogP contribution in [-0.2, 0) is 22.9 Å². The lowest BCUT2D eigenvalue weighted by atomic mass is 10.1. The van der Waals surface area contributed by atoms with Crippen LogP contribution in [0, 0.1) is 13.8 Å². The molecule has 0 spiro atoms. The van der Waals surface area contributed by atoms with Gasteiger partial charge >= 0.3 is 0 Å². The van der Waals surface area contributed by atoms with Gasteiger partial charge < -0.3 is 10.6 Å². The van der Waals surface area contributed by atoms with E-state index in [1.165, 1.54) is 17.4 Å². The number of aliphatic imine (C=N–C) groups is 1. The van der Waals surface area contributed by atoms with E-state index in [1.807, 2.05) is 31.2 Å². The van der Waals surface area contributed by atoms with Crippen LogP contribution < -0.4 is 10.6 Å². The number of nitrogens with one attached hydrogen (secondary N) is 2. The van der Waals surface area contributed by atoms with Crippen molar-refractivity contribution in [2.24, 2.45) is 4.99 Å². The Bertz CT molecular complexity index is 880. The zero-order chi connectivity index (χ0) is 18.4. The largest absolute Gasteiger partial charge is 0.352 e. The third kappa shape index (κ3) is 6.28. The van der Waals surface area contributed by atoms with Gasteiger partial charge in [0.2, 0.25) is 0 Å². The molecule has 7 heteroatoms. The molecule has 2 aromatic carbocycles. The van der Waals surface area contributed by atoms with E-state index in [2.05, 4.69) is 34.7 Å². The Kier molecular flexibility index (Phi) is 8.55. The highest BCUT2D eigenvalue weighted by atomic mass is 127. The topological polar surface area (TPSA) is 70.6 Å². The molecular formula is C19H26IN3O2S. The molecule has 0 aromatic heterocycles. The molecule has 0 radical (unpaired) electrons. The van der Waals surface area contributed by atoms with E-state index in [0.717, 1.165) is 11.1 Å². The van der Waals surface area contributed by atoms with E-state index in [9.17, 15) is 8.42 Å². The zero-order valence-corrected chi connectivity index (χ0v) is 18.7. The normalized spacial score (nSPS) is 11.6. The Morgan fingerprint density at radius 1 is 1.00 bits per heavy atom. The van der Waals surface area contributed by atoms with Crippen molar-refractivity contribution in [3.05, 3.63) is 64.7 Å². The number of hydrogen-bond acceptors (Lipinski definition) is 3. The van der Waals surface area contributed by atoms with Gasteiger partial charge in [-0.05, 0) is 42.2 Å². The summed E-state index contributed by atoms with van der Waals surface area (Å²) in [7, 11) is -1.46. The van der Waals surface area contributed by atoms with Crippen molar-refractivity contribution in [1.29, 1.82) is 0 Å². The quantitative estimate of drug-likeness (QED) is 0.386. The predicted molar refractivity (Wildman–Crippen MR) is 118 cm³/mol. The number of halogens is 1. The molecule has 5 nitrogen and oxygen atoms in total. The van der Waals surface area contributed by atoms with E-state index in [-0.39, 0.29) is 24.0 Å². The van der Waals surface area contributed by atoms with Gasteiger partial charge in [0.05, 0.1) is 4.90 Å². The van der Waals surface area contributed by atoms with E-state index in [1.54, 1.807) is 13.1 Å². The first-order valence-electron chi connectivity index (χ1n) is 8.10. The highest BCUT2D eigenvalue weighted by molar-refractivity contribution is 14.0. The highest BCUT2D eigenvalue weighted by Crippen LogP contribution is 2.16. The van der Waals surface area contributed by atoms with Crippen LogP contribution in [0.1, 0.15) is 22.3 Å². The molecule has 0 unspecified atom stereocenters. The summed E-state index contributed by atoms with van der Waals surface area (Å²) < 4.78 is 23.4. The van der Waals surface area contributed by atoms with Gasteiger partial charge in [-0.25, -0.2) is 8.42 Å². The second-order valence-electron chi connectivity index (χ2n) is 6.08. The molecule has 0 saturated heterocycles. The molecule has 0 aliphatic rings. The number of benzene rings is 2. The van der Waals surface area contributed by atoms with Gasteiger partial charge in [0.15, 0.2) is 15.8 Å². The molecule has 2 aromatic rings. The minimum atomic E-state index is -3.19. The summed E-state index contributed by atoms with van der Waals surface area (Å²) in [6, 6.07) is 13.6. The van der Waals surface area contributed by atoms with Crippen LogP contribution >= 0.6 is 24.0 Å². The van der Waals surface area contributed by atoms with Gasteiger partial charge in [-0.3, -0.25) is 4.99 Å². The summed E-state index contributed by atoms with van der Waals surface area (Å²) >= 11 is 0. The summed E-state index contributed by atoms with van der Waals surface area (Å²) in [5.41, 5.74) is 4.21. The monoisotopic (exact) mass is 487 g/mol. The zero-order valence-electron chi connectivity index (χ0n) is 15.5. The molecule has 0 amide bonds. The van der Waals surface area contributed by atoms with Gasteiger partial charge in [-0.15, -0.1) is 24.0 Å². The van der Waals surface area contributed by atoms with Crippen molar-refractivity contribution in [2.75, 3.05) is 13.3 Å². The average molecular weight is 487 g/mol. The lowest BCUT2D eigenvalue weighted by Gasteiger charge is -2.14. The van der Waals surface area contributed by atoms with Crippen molar-refractivity contribution >= 4 is 39.8 Å². The summed E-state index contributed by atoms with van der Waals surface area (Å²) in [4.78, 5) is 4.60. The Hall–Kier alpha value is -1.61. The lowest BCUT2D eigenvalue weighted by Crippen LogP contribution is -2.36. The molecule has 0 bridgehead atoms. The number of guanidine groups is 1. The fourth-order valence-corrected chi connectivity index (χ4v) is 3.59. The van der Waals surface area contributed by atoms with Gasteiger partial charge in [-0.1, -0.05) is 36.4 Å². The predicted octanol–water partition coefficient (Wildman–Crippen LogP) is 3.19. The maximum absolute atomic E-state index is 11.7. The van der Waals surface area contributed by atoms with E-state index >= 15 is 0 Å². The van der Waals surface area contributed by atoms with Gasteiger partial charge in [0.25, 0.3) is 0 Å². The first kappa shape index (κ1) is 22.4. The fourth-order valence-electron chi connectivity index (χ4n) is 2.63. The van der Waals surface area contributed by atoms with Gasteiger partial charge in [0.1, 0.15) is 0 Å². The average Bonchev–Trinajstić information content (AvgIpc) is 2.55. The molecule has 0 atom stereocenters. The molecule has 142 valence electrons. The molecule has 0 heterocycles. The number of sulfone groups is 1. The first-order valence-corrected chi connectivity index (χ1v) is 9.99. The molecule has 0 aliphatic heterocycles. The Morgan fingerprint density at radius 3 is 2.23 bits per heavy atom. The molecule has 0 aliphatic carbocycles. The minimum Gasteiger partial charge on any atom is -0.352 e. The van der Waals surface area contributed by atoms with Crippen LogP contribution in [0.4, 0.5) is 0 Å². The molecule has 26 heavy (non-hydrogen) atoms. The molecule has 2 N–H and O–H groups in total. The Balaban J connectivity index is 0.00000338. The molecule has 2 rings (SSSR count). The standard InChI is InChI=1S/C19H25N3O2S.HI/c1-14-7-5-6-8-17(14)13-22-19(20-3)21-12-16-9-10-18(15(2)11-16)25(4,23)24;/h5-11H,12-13H2,1-4H3,(H2,20,21,22);1H. The number of rotatable bonds is 5. The molecular weight excluding hydrogens is 461 g/mol. The maximum Gasteiger partial charge on any atom is 0.191 e. The minimum absolute atomic E-state index is 0. The van der Waals surface area contributed by atoms with Crippen LogP contribution in [0.2, 0.25) is 0 Å². The highest BCUT2D eigenvalue weighted by Gasteiger charge is 2.11. The van der Waals surface area contributed by atoms with Gasteiger partial charge in [-0.2, -0.15) is 0 Å². The number of hydrogen-bond donors (Lipinski definition) is 2. The third-order valence-corrected chi connectivity index (χ3v) is 5.29. The summed E-state index contributed by atoms with van der Waals surface area (Å²) in [5.74, 6) is 0.702. The number of aryl methyl sites for hydroxylation is 2. The van der Waals surface area contributed by atoms with Gasteiger partial charge in [0, 0.05) is 26.4 Å². The summed E-state index contributed by atoms with van der Waals surface area (Å²) in [6.07, 6.45) is 1.23. The molecule has 0 fully saturated rings. The van der Waals surface area contributed by atoms with E-state index < -0.39 is 9.84 Å². The fraction of sp³-hybridized carbons (Fsp3) is 0.316.